The second kappa shape index (κ2) is 7.12. The molecule has 3 aliphatic rings. The van der Waals surface area contributed by atoms with E-state index in [1.165, 1.54) is 28.7 Å². The second-order valence-corrected chi connectivity index (χ2v) is 8.84. The first-order valence-corrected chi connectivity index (χ1v) is 11.1. The highest BCUT2D eigenvalue weighted by atomic mass is 15.0. The number of rotatable bonds is 2. The third-order valence-electron chi connectivity index (χ3n) is 7.41. The van der Waals surface area contributed by atoms with Crippen LogP contribution in [0.15, 0.2) is 72.8 Å². The van der Waals surface area contributed by atoms with Gasteiger partial charge >= 0.3 is 0 Å². The molecule has 2 aliphatic heterocycles. The molecule has 0 aromatic heterocycles. The average Bonchev–Trinajstić information content (AvgIpc) is 3.18. The Morgan fingerprint density at radius 1 is 0.517 bits per heavy atom. The first-order valence-electron chi connectivity index (χ1n) is 11.1. The van der Waals surface area contributed by atoms with Crippen molar-refractivity contribution >= 4 is 0 Å². The minimum Gasteiger partial charge on any atom is -0.309 e. The predicted molar refractivity (Wildman–Crippen MR) is 118 cm³/mol. The van der Waals surface area contributed by atoms with E-state index in [4.69, 9.17) is 0 Å². The maximum absolute atomic E-state index is 3.88. The maximum atomic E-state index is 3.88. The van der Waals surface area contributed by atoms with Gasteiger partial charge in [-0.05, 0) is 65.7 Å². The lowest BCUT2D eigenvalue weighted by Crippen LogP contribution is -2.35. The van der Waals surface area contributed by atoms with E-state index < -0.39 is 0 Å². The van der Waals surface area contributed by atoms with Crippen molar-refractivity contribution in [3.63, 3.8) is 0 Å². The highest BCUT2D eigenvalue weighted by molar-refractivity contribution is 5.46. The van der Waals surface area contributed by atoms with Crippen LogP contribution in [-0.2, 0) is 12.8 Å². The standard InChI is InChI=1S/C27H28N2/c1-3-9-20-18(7-1)13-15-28-26(20)24-17-25(23-12-6-5-11-22(23)24)27-21-10-4-2-8-19(21)14-16-29-27/h1-12,24-29H,13-17H2. The molecule has 3 aromatic rings. The Balaban J connectivity index is 1.41. The molecule has 0 saturated heterocycles. The van der Waals surface area contributed by atoms with Crippen LogP contribution >= 0.6 is 0 Å². The molecule has 0 saturated carbocycles. The van der Waals surface area contributed by atoms with E-state index in [-0.39, 0.29) is 0 Å². The summed E-state index contributed by atoms with van der Waals surface area (Å²) in [7, 11) is 0. The zero-order valence-electron chi connectivity index (χ0n) is 16.8. The van der Waals surface area contributed by atoms with Crippen LogP contribution in [-0.4, -0.2) is 13.1 Å². The molecular formula is C27H28N2. The fourth-order valence-electron chi connectivity index (χ4n) is 6.14. The Labute approximate surface area is 173 Å². The van der Waals surface area contributed by atoms with E-state index in [1.54, 1.807) is 11.1 Å². The van der Waals surface area contributed by atoms with Gasteiger partial charge in [0.1, 0.15) is 0 Å². The fraction of sp³-hybridized carbons (Fsp3) is 0.333. The monoisotopic (exact) mass is 380 g/mol. The first-order chi connectivity index (χ1) is 14.4. The van der Waals surface area contributed by atoms with Crippen LogP contribution in [0.25, 0.3) is 0 Å². The Bertz CT molecular complexity index is 957. The summed E-state index contributed by atoms with van der Waals surface area (Å²) in [4.78, 5) is 0. The lowest BCUT2D eigenvalue weighted by molar-refractivity contribution is 0.365. The van der Waals surface area contributed by atoms with Crippen LogP contribution < -0.4 is 10.6 Å². The molecule has 3 aromatic carbocycles. The van der Waals surface area contributed by atoms with Gasteiger partial charge in [-0.25, -0.2) is 0 Å². The summed E-state index contributed by atoms with van der Waals surface area (Å²) >= 11 is 0. The number of hydrogen-bond acceptors (Lipinski definition) is 2. The maximum Gasteiger partial charge on any atom is 0.0392 e. The summed E-state index contributed by atoms with van der Waals surface area (Å²) in [6.07, 6.45) is 3.49. The lowest BCUT2D eigenvalue weighted by Gasteiger charge is -2.34. The normalized spacial score (nSPS) is 27.7. The Hall–Kier alpha value is -2.42. The highest BCUT2D eigenvalue weighted by Crippen LogP contribution is 2.53. The van der Waals surface area contributed by atoms with Gasteiger partial charge < -0.3 is 10.6 Å². The molecule has 0 radical (unpaired) electrons. The van der Waals surface area contributed by atoms with Crippen LogP contribution in [0.3, 0.4) is 0 Å². The molecule has 2 N–H and O–H groups in total. The summed E-state index contributed by atoms with van der Waals surface area (Å²) in [6.45, 7) is 2.16. The van der Waals surface area contributed by atoms with Crippen molar-refractivity contribution < 1.29 is 0 Å². The third kappa shape index (κ3) is 2.86. The lowest BCUT2D eigenvalue weighted by atomic mass is 9.80. The minimum atomic E-state index is 0.421. The molecule has 2 heteroatoms. The predicted octanol–water partition coefficient (Wildman–Crippen LogP) is 5.03. The highest BCUT2D eigenvalue weighted by Gasteiger charge is 2.41. The van der Waals surface area contributed by atoms with Gasteiger partial charge in [-0.15, -0.1) is 0 Å². The van der Waals surface area contributed by atoms with Crippen molar-refractivity contribution in [1.29, 1.82) is 0 Å². The molecule has 2 nitrogen and oxygen atoms in total. The smallest absolute Gasteiger partial charge is 0.0392 e. The zero-order valence-corrected chi connectivity index (χ0v) is 16.8. The van der Waals surface area contributed by atoms with Crippen molar-refractivity contribution in [3.05, 3.63) is 106 Å². The van der Waals surface area contributed by atoms with Gasteiger partial charge in [0.2, 0.25) is 0 Å². The summed E-state index contributed by atoms with van der Waals surface area (Å²) in [5.74, 6) is 1.07. The molecule has 29 heavy (non-hydrogen) atoms. The van der Waals surface area contributed by atoms with Gasteiger partial charge in [0.15, 0.2) is 0 Å². The van der Waals surface area contributed by atoms with Crippen LogP contribution in [0.2, 0.25) is 0 Å². The van der Waals surface area contributed by atoms with Crippen molar-refractivity contribution in [1.82, 2.24) is 10.6 Å². The molecule has 4 unspecified atom stereocenters. The fourth-order valence-corrected chi connectivity index (χ4v) is 6.14. The van der Waals surface area contributed by atoms with Gasteiger partial charge in [0.05, 0.1) is 0 Å². The Morgan fingerprint density at radius 2 is 0.931 bits per heavy atom. The summed E-state index contributed by atoms with van der Waals surface area (Å²) in [5.41, 5.74) is 9.18. The molecular weight excluding hydrogens is 352 g/mol. The average molecular weight is 381 g/mol. The van der Waals surface area contributed by atoms with Gasteiger partial charge in [0, 0.05) is 23.9 Å². The van der Waals surface area contributed by atoms with E-state index in [9.17, 15) is 0 Å². The van der Waals surface area contributed by atoms with Crippen LogP contribution in [0.5, 0.6) is 0 Å². The molecule has 1 aliphatic carbocycles. The van der Waals surface area contributed by atoms with Gasteiger partial charge in [-0.1, -0.05) is 72.8 Å². The number of hydrogen-bond donors (Lipinski definition) is 2. The number of nitrogens with one attached hydrogen (secondary N) is 2. The van der Waals surface area contributed by atoms with E-state index in [1.807, 2.05) is 0 Å². The topological polar surface area (TPSA) is 24.1 Å². The van der Waals surface area contributed by atoms with Gasteiger partial charge in [-0.2, -0.15) is 0 Å². The Morgan fingerprint density at radius 3 is 1.41 bits per heavy atom. The quantitative estimate of drug-likeness (QED) is 0.651. The van der Waals surface area contributed by atoms with E-state index in [0.29, 0.717) is 23.9 Å². The molecule has 0 bridgehead atoms. The third-order valence-corrected chi connectivity index (χ3v) is 7.41. The van der Waals surface area contributed by atoms with Crippen LogP contribution in [0.1, 0.15) is 63.7 Å². The minimum absolute atomic E-state index is 0.421. The number of benzene rings is 3. The van der Waals surface area contributed by atoms with Crippen LogP contribution in [0.4, 0.5) is 0 Å². The number of fused-ring (bicyclic) bond motifs is 3. The van der Waals surface area contributed by atoms with Crippen molar-refractivity contribution in [2.75, 3.05) is 13.1 Å². The zero-order chi connectivity index (χ0) is 19.2. The molecule has 0 amide bonds. The largest absolute Gasteiger partial charge is 0.309 e. The van der Waals surface area contributed by atoms with Gasteiger partial charge in [-0.3, -0.25) is 0 Å². The first kappa shape index (κ1) is 17.4. The van der Waals surface area contributed by atoms with E-state index in [2.05, 4.69) is 83.4 Å². The SMILES string of the molecule is c1ccc2c(c1)CCNC2C1CC(C2NCCc3ccccc32)c2ccccc21. The van der Waals surface area contributed by atoms with Crippen LogP contribution in [0, 0.1) is 0 Å². The molecule has 0 spiro atoms. The van der Waals surface area contributed by atoms with Crippen molar-refractivity contribution in [3.8, 4) is 0 Å². The van der Waals surface area contributed by atoms with Crippen molar-refractivity contribution in [2.45, 2.75) is 43.2 Å². The van der Waals surface area contributed by atoms with Gasteiger partial charge in [0.25, 0.3) is 0 Å². The molecule has 2 heterocycles. The molecule has 6 rings (SSSR count). The molecule has 0 fully saturated rings. The van der Waals surface area contributed by atoms with E-state index in [0.717, 1.165) is 25.9 Å². The second-order valence-electron chi connectivity index (χ2n) is 8.84. The molecule has 146 valence electrons. The summed E-state index contributed by atoms with van der Waals surface area (Å²) in [5, 5.41) is 7.76. The summed E-state index contributed by atoms with van der Waals surface area (Å²) in [6, 6.07) is 28.2. The molecule has 4 atom stereocenters. The van der Waals surface area contributed by atoms with E-state index >= 15 is 0 Å². The summed E-state index contributed by atoms with van der Waals surface area (Å²) < 4.78 is 0. The van der Waals surface area contributed by atoms with Crippen molar-refractivity contribution in [2.24, 2.45) is 0 Å². The Kier molecular flexibility index (Phi) is 4.28.